The fourth-order valence-electron chi connectivity index (χ4n) is 3.94. The van der Waals surface area contributed by atoms with E-state index in [0.717, 1.165) is 25.1 Å². The molecule has 4 rings (SSSR count). The van der Waals surface area contributed by atoms with Crippen molar-refractivity contribution in [2.75, 3.05) is 6.54 Å². The molecule has 0 aromatic heterocycles. The number of hydrogen-bond donors (Lipinski definition) is 0. The molecule has 0 saturated carbocycles. The molecule has 3 nitrogen and oxygen atoms in total. The second kappa shape index (κ2) is 4.72. The molecule has 0 aliphatic carbocycles. The van der Waals surface area contributed by atoms with E-state index in [-0.39, 0.29) is 21.7 Å². The van der Waals surface area contributed by atoms with E-state index in [9.17, 15) is 9.59 Å². The molecule has 0 fully saturated rings. The van der Waals surface area contributed by atoms with Gasteiger partial charge in [-0.2, -0.15) is 0 Å². The Bertz CT molecular complexity index is 720. The lowest BCUT2D eigenvalue weighted by atomic mass is 9.82. The molecule has 0 amide bonds. The summed E-state index contributed by atoms with van der Waals surface area (Å²) in [5.41, 5.74) is 4.07. The van der Waals surface area contributed by atoms with Crippen molar-refractivity contribution in [3.63, 3.8) is 0 Å². The molecule has 1 unspecified atom stereocenters. The van der Waals surface area contributed by atoms with E-state index < -0.39 is 0 Å². The number of benzene rings is 1. The highest BCUT2D eigenvalue weighted by Crippen LogP contribution is 2.48. The monoisotopic (exact) mass is 313 g/mol. The van der Waals surface area contributed by atoms with Crippen LogP contribution in [-0.2, 0) is 16.0 Å². The third-order valence-corrected chi connectivity index (χ3v) is 5.96. The summed E-state index contributed by atoms with van der Waals surface area (Å²) in [6, 6.07) is 8.52. The van der Waals surface area contributed by atoms with Gasteiger partial charge in [-0.25, -0.2) is 0 Å². The zero-order valence-electron chi connectivity index (χ0n) is 12.9. The van der Waals surface area contributed by atoms with Gasteiger partial charge in [0, 0.05) is 29.8 Å². The number of allylic oxidation sites excluding steroid dienone is 1. The van der Waals surface area contributed by atoms with E-state index in [1.165, 1.54) is 22.9 Å². The molecule has 0 saturated heterocycles. The lowest BCUT2D eigenvalue weighted by Gasteiger charge is -2.47. The molecule has 3 aliphatic rings. The van der Waals surface area contributed by atoms with Crippen LogP contribution in [0.4, 0.5) is 0 Å². The third-order valence-electron chi connectivity index (χ3n) is 4.87. The number of carbonyl (C=O) groups is 2. The number of ketones is 1. The molecule has 0 bridgehead atoms. The maximum absolute atomic E-state index is 12.6. The van der Waals surface area contributed by atoms with Crippen LogP contribution in [0.3, 0.4) is 0 Å². The molecule has 0 spiro atoms. The summed E-state index contributed by atoms with van der Waals surface area (Å²) < 4.78 is -0.130. The predicted molar refractivity (Wildman–Crippen MR) is 87.5 cm³/mol. The van der Waals surface area contributed by atoms with Gasteiger partial charge >= 0.3 is 0 Å². The Balaban J connectivity index is 1.83. The van der Waals surface area contributed by atoms with Crippen LogP contribution in [0.2, 0.25) is 0 Å². The van der Waals surface area contributed by atoms with E-state index in [1.54, 1.807) is 0 Å². The first-order valence-corrected chi connectivity index (χ1v) is 8.62. The second-order valence-corrected chi connectivity index (χ2v) is 8.61. The van der Waals surface area contributed by atoms with Crippen molar-refractivity contribution >= 4 is 22.7 Å². The van der Waals surface area contributed by atoms with E-state index in [1.807, 2.05) is 6.07 Å². The van der Waals surface area contributed by atoms with Crippen molar-refractivity contribution in [3.8, 4) is 0 Å². The minimum absolute atomic E-state index is 0.0287. The minimum atomic E-state index is -0.130. The van der Waals surface area contributed by atoms with Gasteiger partial charge in [-0.3, -0.25) is 9.59 Å². The highest BCUT2D eigenvalue weighted by atomic mass is 32.2. The van der Waals surface area contributed by atoms with Crippen LogP contribution in [-0.4, -0.2) is 27.1 Å². The van der Waals surface area contributed by atoms with Crippen molar-refractivity contribution in [1.82, 2.24) is 4.90 Å². The van der Waals surface area contributed by atoms with Gasteiger partial charge in [0.15, 0.2) is 5.78 Å². The van der Waals surface area contributed by atoms with Crippen molar-refractivity contribution in [2.24, 2.45) is 0 Å². The molecule has 1 aromatic rings. The second-order valence-electron chi connectivity index (χ2n) is 6.93. The van der Waals surface area contributed by atoms with Crippen molar-refractivity contribution in [1.29, 1.82) is 0 Å². The van der Waals surface area contributed by atoms with E-state index in [2.05, 4.69) is 36.9 Å². The topological polar surface area (TPSA) is 37.4 Å². The van der Waals surface area contributed by atoms with E-state index in [4.69, 9.17) is 0 Å². The summed E-state index contributed by atoms with van der Waals surface area (Å²) >= 11 is 1.31. The van der Waals surface area contributed by atoms with Gasteiger partial charge in [0.1, 0.15) is 0 Å². The molecule has 0 N–H and O–H groups in total. The first-order chi connectivity index (χ1) is 10.5. The summed E-state index contributed by atoms with van der Waals surface area (Å²) in [5, 5.41) is -0.0337. The fourth-order valence-corrected chi connectivity index (χ4v) is 4.98. The van der Waals surface area contributed by atoms with Crippen molar-refractivity contribution in [2.45, 2.75) is 43.9 Å². The number of nitrogens with zero attached hydrogens (tertiary/aromatic N) is 1. The lowest BCUT2D eigenvalue weighted by molar-refractivity contribution is -0.120. The van der Waals surface area contributed by atoms with E-state index >= 15 is 0 Å². The normalized spacial score (nSPS) is 26.5. The quantitative estimate of drug-likeness (QED) is 0.689. The van der Waals surface area contributed by atoms with Gasteiger partial charge in [-0.1, -0.05) is 36.0 Å². The predicted octanol–water partition coefficient (Wildman–Crippen LogP) is 3.25. The number of Topliss-reactive ketones (excluding diaryl/α,β-unsaturated/α-hetero) is 1. The molecule has 114 valence electrons. The Morgan fingerprint density at radius 2 is 2.00 bits per heavy atom. The van der Waals surface area contributed by atoms with Crippen LogP contribution in [0.5, 0.6) is 0 Å². The largest absolute Gasteiger partial charge is 0.366 e. The first-order valence-electron chi connectivity index (χ1n) is 7.80. The molecule has 1 aromatic carbocycles. The molecule has 1 atom stereocenters. The Morgan fingerprint density at radius 3 is 2.82 bits per heavy atom. The summed E-state index contributed by atoms with van der Waals surface area (Å²) in [6.45, 7) is 5.08. The van der Waals surface area contributed by atoms with Gasteiger partial charge in [-0.15, -0.1) is 0 Å². The first kappa shape index (κ1) is 14.1. The van der Waals surface area contributed by atoms with Gasteiger partial charge < -0.3 is 4.90 Å². The van der Waals surface area contributed by atoms with Crippen molar-refractivity contribution in [3.05, 3.63) is 46.7 Å². The number of hydrogen-bond acceptors (Lipinski definition) is 4. The minimum Gasteiger partial charge on any atom is -0.366 e. The Hall–Kier alpha value is -1.55. The highest BCUT2D eigenvalue weighted by Gasteiger charge is 2.45. The van der Waals surface area contributed by atoms with Crippen LogP contribution >= 0.6 is 11.8 Å². The zero-order chi connectivity index (χ0) is 15.5. The van der Waals surface area contributed by atoms with Crippen LogP contribution in [0.1, 0.15) is 43.9 Å². The Kier molecular flexibility index (Phi) is 3.02. The van der Waals surface area contributed by atoms with Gasteiger partial charge in [0.25, 0.3) is 0 Å². The third kappa shape index (κ3) is 2.04. The van der Waals surface area contributed by atoms with Crippen LogP contribution < -0.4 is 0 Å². The van der Waals surface area contributed by atoms with Gasteiger partial charge in [-0.05, 0) is 31.4 Å². The summed E-state index contributed by atoms with van der Waals surface area (Å²) in [4.78, 5) is 27.4. The molecular formula is C18H19NO2S. The summed E-state index contributed by atoms with van der Waals surface area (Å²) in [5.74, 6) is 0.0287. The lowest BCUT2D eigenvalue weighted by Crippen LogP contribution is -2.45. The number of fused-ring (bicyclic) bond motifs is 4. The molecule has 4 heteroatoms. The highest BCUT2D eigenvalue weighted by molar-refractivity contribution is 8.15. The zero-order valence-corrected chi connectivity index (χ0v) is 13.7. The number of carbonyl (C=O) groups excluding carboxylic acids is 2. The molecular weight excluding hydrogens is 294 g/mol. The summed E-state index contributed by atoms with van der Waals surface area (Å²) in [7, 11) is 0. The standard InChI is InChI=1S/C18H19NO2S/c1-18(2)10-14-16(17(21)22-18)15(20)9-13-12-6-4-3-5-11(12)7-8-19(13)14/h3-6,13H,7-10H2,1-2H3. The van der Waals surface area contributed by atoms with Crippen LogP contribution in [0.25, 0.3) is 0 Å². The van der Waals surface area contributed by atoms with Gasteiger partial charge in [0.2, 0.25) is 5.12 Å². The van der Waals surface area contributed by atoms with Crippen LogP contribution in [0, 0.1) is 0 Å². The van der Waals surface area contributed by atoms with Crippen molar-refractivity contribution < 1.29 is 9.59 Å². The smallest absolute Gasteiger partial charge is 0.225 e. The average molecular weight is 313 g/mol. The Morgan fingerprint density at radius 1 is 1.23 bits per heavy atom. The van der Waals surface area contributed by atoms with Crippen LogP contribution in [0.15, 0.2) is 35.5 Å². The molecule has 22 heavy (non-hydrogen) atoms. The maximum atomic E-state index is 12.6. The summed E-state index contributed by atoms with van der Waals surface area (Å²) in [6.07, 6.45) is 2.21. The Labute approximate surface area is 134 Å². The number of thioether (sulfide) groups is 1. The fraction of sp³-hybridized carbons (Fsp3) is 0.444. The average Bonchev–Trinajstić information content (AvgIpc) is 2.45. The van der Waals surface area contributed by atoms with E-state index in [0.29, 0.717) is 12.0 Å². The molecule has 0 radical (unpaired) electrons. The van der Waals surface area contributed by atoms with Gasteiger partial charge in [0.05, 0.1) is 11.6 Å². The molecule has 3 aliphatic heterocycles. The molecule has 3 heterocycles. The number of rotatable bonds is 0. The SMILES string of the molecule is CC1(C)CC2=C(C(=O)CC3c4ccccc4CCN23)C(=O)S1. The maximum Gasteiger partial charge on any atom is 0.225 e.